The van der Waals surface area contributed by atoms with Gasteiger partial charge in [-0.25, -0.2) is 4.79 Å². The number of amides is 2. The van der Waals surface area contributed by atoms with E-state index < -0.39 is 0 Å². The number of piperazine rings is 1. The summed E-state index contributed by atoms with van der Waals surface area (Å²) in [5.41, 5.74) is 4.48. The number of urea groups is 1. The maximum Gasteiger partial charge on any atom is 0.321 e. The van der Waals surface area contributed by atoms with Crippen molar-refractivity contribution in [2.24, 2.45) is 0 Å². The zero-order chi connectivity index (χ0) is 19.4. The Balaban J connectivity index is 1.60. The molecule has 2 aromatic carbocycles. The van der Waals surface area contributed by atoms with Gasteiger partial charge in [0.05, 0.1) is 14.2 Å². The first-order valence-corrected chi connectivity index (χ1v) is 9.12. The van der Waals surface area contributed by atoms with Crippen molar-refractivity contribution in [1.82, 2.24) is 4.90 Å². The Bertz CT molecular complexity index is 814. The standard InChI is InChI=1S/C21H27N3O3/c1-15-5-7-18(16(2)13-15)23-9-11-24(12-10-23)21(25)22-17-6-8-19(26-3)20(14-17)27-4/h5-8,13-14H,9-12H2,1-4H3,(H,22,25). The number of hydrogen-bond donors (Lipinski definition) is 1. The second-order valence-electron chi connectivity index (χ2n) is 6.76. The van der Waals surface area contributed by atoms with Crippen LogP contribution < -0.4 is 19.7 Å². The van der Waals surface area contributed by atoms with E-state index in [9.17, 15) is 4.79 Å². The minimum atomic E-state index is -0.0949. The van der Waals surface area contributed by atoms with Crippen LogP contribution in [0.4, 0.5) is 16.2 Å². The molecule has 1 aliphatic heterocycles. The molecule has 3 rings (SSSR count). The van der Waals surface area contributed by atoms with Gasteiger partial charge in [0.25, 0.3) is 0 Å². The van der Waals surface area contributed by atoms with E-state index in [2.05, 4.69) is 42.3 Å². The molecule has 27 heavy (non-hydrogen) atoms. The number of nitrogens with one attached hydrogen (secondary N) is 1. The van der Waals surface area contributed by atoms with E-state index in [0.29, 0.717) is 30.3 Å². The lowest BCUT2D eigenvalue weighted by molar-refractivity contribution is 0.208. The molecule has 0 unspecified atom stereocenters. The van der Waals surface area contributed by atoms with E-state index in [0.717, 1.165) is 13.1 Å². The number of carbonyl (C=O) groups excluding carboxylic acids is 1. The molecule has 0 bridgehead atoms. The van der Waals surface area contributed by atoms with E-state index in [-0.39, 0.29) is 6.03 Å². The number of carbonyl (C=O) groups is 1. The summed E-state index contributed by atoms with van der Waals surface area (Å²) in [7, 11) is 3.17. The fraction of sp³-hybridized carbons (Fsp3) is 0.381. The van der Waals surface area contributed by atoms with Gasteiger partial charge in [-0.15, -0.1) is 0 Å². The summed E-state index contributed by atoms with van der Waals surface area (Å²) < 4.78 is 10.5. The summed E-state index contributed by atoms with van der Waals surface area (Å²) in [4.78, 5) is 16.8. The highest BCUT2D eigenvalue weighted by Crippen LogP contribution is 2.30. The second-order valence-corrected chi connectivity index (χ2v) is 6.76. The minimum Gasteiger partial charge on any atom is -0.493 e. The predicted octanol–water partition coefficient (Wildman–Crippen LogP) is 3.67. The summed E-state index contributed by atoms with van der Waals surface area (Å²) >= 11 is 0. The second kappa shape index (κ2) is 8.20. The molecule has 0 aliphatic carbocycles. The van der Waals surface area contributed by atoms with Crippen molar-refractivity contribution in [2.45, 2.75) is 13.8 Å². The zero-order valence-corrected chi connectivity index (χ0v) is 16.4. The third kappa shape index (κ3) is 4.27. The van der Waals surface area contributed by atoms with Crippen LogP contribution in [0.2, 0.25) is 0 Å². The Morgan fingerprint density at radius 2 is 1.63 bits per heavy atom. The molecule has 1 heterocycles. The maximum absolute atomic E-state index is 12.6. The van der Waals surface area contributed by atoms with Crippen LogP contribution in [0.5, 0.6) is 11.5 Å². The van der Waals surface area contributed by atoms with E-state index in [1.165, 1.54) is 16.8 Å². The molecule has 0 atom stereocenters. The number of hydrogen-bond acceptors (Lipinski definition) is 4. The van der Waals surface area contributed by atoms with Gasteiger partial charge in [-0.3, -0.25) is 0 Å². The number of anilines is 2. The van der Waals surface area contributed by atoms with Gasteiger partial charge in [0, 0.05) is 43.6 Å². The molecule has 0 spiro atoms. The van der Waals surface area contributed by atoms with Crippen molar-refractivity contribution in [3.8, 4) is 11.5 Å². The number of benzene rings is 2. The largest absolute Gasteiger partial charge is 0.493 e. The van der Waals surface area contributed by atoms with Gasteiger partial charge in [0.15, 0.2) is 11.5 Å². The first kappa shape index (κ1) is 18.9. The summed E-state index contributed by atoms with van der Waals surface area (Å²) in [5, 5.41) is 2.94. The molecule has 0 aromatic heterocycles. The normalized spacial score (nSPS) is 14.1. The summed E-state index contributed by atoms with van der Waals surface area (Å²) in [5.74, 6) is 1.23. The Morgan fingerprint density at radius 3 is 2.26 bits per heavy atom. The van der Waals surface area contributed by atoms with E-state index >= 15 is 0 Å². The lowest BCUT2D eigenvalue weighted by atomic mass is 10.1. The number of methoxy groups -OCH3 is 2. The molecular formula is C21H27N3O3. The van der Waals surface area contributed by atoms with Crippen LogP contribution >= 0.6 is 0 Å². The smallest absolute Gasteiger partial charge is 0.321 e. The summed E-state index contributed by atoms with van der Waals surface area (Å²) in [6.45, 7) is 7.26. The number of aryl methyl sites for hydroxylation is 2. The molecule has 2 amide bonds. The fourth-order valence-corrected chi connectivity index (χ4v) is 3.43. The van der Waals surface area contributed by atoms with Crippen LogP contribution in [-0.4, -0.2) is 51.3 Å². The summed E-state index contributed by atoms with van der Waals surface area (Å²) in [6, 6.07) is 11.8. The summed E-state index contributed by atoms with van der Waals surface area (Å²) in [6.07, 6.45) is 0. The molecule has 1 fully saturated rings. The first-order chi connectivity index (χ1) is 13.0. The Hall–Kier alpha value is -2.89. The molecule has 0 radical (unpaired) electrons. The maximum atomic E-state index is 12.6. The fourth-order valence-electron chi connectivity index (χ4n) is 3.43. The van der Waals surface area contributed by atoms with E-state index in [4.69, 9.17) is 9.47 Å². The van der Waals surface area contributed by atoms with E-state index in [1.54, 1.807) is 26.4 Å². The predicted molar refractivity (Wildman–Crippen MR) is 108 cm³/mol. The van der Waals surface area contributed by atoms with Crippen molar-refractivity contribution >= 4 is 17.4 Å². The lowest BCUT2D eigenvalue weighted by Crippen LogP contribution is -2.50. The van der Waals surface area contributed by atoms with Crippen molar-refractivity contribution in [1.29, 1.82) is 0 Å². The van der Waals surface area contributed by atoms with Crippen molar-refractivity contribution < 1.29 is 14.3 Å². The van der Waals surface area contributed by atoms with Crippen LogP contribution in [0.15, 0.2) is 36.4 Å². The van der Waals surface area contributed by atoms with Gasteiger partial charge < -0.3 is 24.6 Å². The van der Waals surface area contributed by atoms with Gasteiger partial charge in [-0.1, -0.05) is 17.7 Å². The Labute approximate surface area is 160 Å². The molecule has 2 aromatic rings. The Kier molecular flexibility index (Phi) is 5.74. The SMILES string of the molecule is COc1ccc(NC(=O)N2CCN(c3ccc(C)cc3C)CC2)cc1OC. The highest BCUT2D eigenvalue weighted by molar-refractivity contribution is 5.90. The third-order valence-corrected chi connectivity index (χ3v) is 4.89. The highest BCUT2D eigenvalue weighted by atomic mass is 16.5. The topological polar surface area (TPSA) is 54.0 Å². The molecule has 6 nitrogen and oxygen atoms in total. The minimum absolute atomic E-state index is 0.0949. The van der Waals surface area contributed by atoms with Crippen LogP contribution in [0, 0.1) is 13.8 Å². The van der Waals surface area contributed by atoms with E-state index in [1.807, 2.05) is 11.0 Å². The van der Waals surface area contributed by atoms with Crippen molar-refractivity contribution in [3.63, 3.8) is 0 Å². The molecule has 6 heteroatoms. The van der Waals surface area contributed by atoms with Crippen LogP contribution in [0.1, 0.15) is 11.1 Å². The van der Waals surface area contributed by atoms with Crippen LogP contribution in [-0.2, 0) is 0 Å². The average Bonchev–Trinajstić information content (AvgIpc) is 2.68. The number of nitrogens with zero attached hydrogens (tertiary/aromatic N) is 2. The molecule has 1 saturated heterocycles. The number of ether oxygens (including phenoxy) is 2. The highest BCUT2D eigenvalue weighted by Gasteiger charge is 2.22. The van der Waals surface area contributed by atoms with Gasteiger partial charge in [-0.05, 0) is 37.6 Å². The molecular weight excluding hydrogens is 342 g/mol. The van der Waals surface area contributed by atoms with Crippen molar-refractivity contribution in [3.05, 3.63) is 47.5 Å². The van der Waals surface area contributed by atoms with Crippen molar-refractivity contribution in [2.75, 3.05) is 50.6 Å². The van der Waals surface area contributed by atoms with Gasteiger partial charge >= 0.3 is 6.03 Å². The van der Waals surface area contributed by atoms with Gasteiger partial charge in [0.2, 0.25) is 0 Å². The lowest BCUT2D eigenvalue weighted by Gasteiger charge is -2.36. The van der Waals surface area contributed by atoms with Crippen LogP contribution in [0.25, 0.3) is 0 Å². The molecule has 1 N–H and O–H groups in total. The molecule has 144 valence electrons. The third-order valence-electron chi connectivity index (χ3n) is 4.89. The molecule has 0 saturated carbocycles. The molecule has 1 aliphatic rings. The first-order valence-electron chi connectivity index (χ1n) is 9.12. The quantitative estimate of drug-likeness (QED) is 0.893. The number of rotatable bonds is 4. The average molecular weight is 369 g/mol. The Morgan fingerprint density at radius 1 is 0.926 bits per heavy atom. The monoisotopic (exact) mass is 369 g/mol. The zero-order valence-electron chi connectivity index (χ0n) is 16.4. The van der Waals surface area contributed by atoms with Gasteiger partial charge in [0.1, 0.15) is 0 Å². The van der Waals surface area contributed by atoms with Gasteiger partial charge in [-0.2, -0.15) is 0 Å². The van der Waals surface area contributed by atoms with Crippen LogP contribution in [0.3, 0.4) is 0 Å².